The van der Waals surface area contributed by atoms with E-state index in [1.165, 1.54) is 0 Å². The fourth-order valence-corrected chi connectivity index (χ4v) is 2.24. The summed E-state index contributed by atoms with van der Waals surface area (Å²) in [6.45, 7) is 4.00. The number of fused-ring (bicyclic) bond motifs is 1. The van der Waals surface area contributed by atoms with Crippen molar-refractivity contribution < 1.29 is 14.6 Å². The van der Waals surface area contributed by atoms with Gasteiger partial charge in [-0.2, -0.15) is 0 Å². The molecule has 0 aliphatic carbocycles. The number of aliphatic hydroxyl groups is 1. The largest absolute Gasteiger partial charge is 0.454 e. The van der Waals surface area contributed by atoms with Crippen LogP contribution in [0.25, 0.3) is 0 Å². The normalized spacial score (nSPS) is 13.8. The summed E-state index contributed by atoms with van der Waals surface area (Å²) in [5.74, 6) is 1.21. The molecule has 106 valence electrons. The lowest BCUT2D eigenvalue weighted by molar-refractivity contribution is 0.0737. The molecular weight excluding hydrogens is 282 g/mol. The number of benzene rings is 1. The Labute approximate surface area is 120 Å². The van der Waals surface area contributed by atoms with E-state index in [-0.39, 0.29) is 6.79 Å². The smallest absolute Gasteiger partial charge is 0.231 e. The number of ether oxygens (including phenoxy) is 2. The van der Waals surface area contributed by atoms with Gasteiger partial charge in [-0.15, -0.1) is 5.10 Å². The van der Waals surface area contributed by atoms with Gasteiger partial charge in [-0.25, -0.2) is 4.68 Å². The maximum atomic E-state index is 9.87. The first kappa shape index (κ1) is 13.2. The number of nitrogens with zero attached hydrogens (tertiary/aromatic N) is 3. The molecule has 6 nitrogen and oxygen atoms in total. The van der Waals surface area contributed by atoms with Crippen molar-refractivity contribution in [3.05, 3.63) is 34.6 Å². The van der Waals surface area contributed by atoms with Crippen LogP contribution in [0.2, 0.25) is 5.02 Å². The van der Waals surface area contributed by atoms with E-state index < -0.39 is 5.60 Å². The molecule has 2 aromatic rings. The van der Waals surface area contributed by atoms with Gasteiger partial charge >= 0.3 is 0 Å². The van der Waals surface area contributed by atoms with Gasteiger partial charge in [-0.05, 0) is 31.5 Å². The van der Waals surface area contributed by atoms with E-state index in [1.54, 1.807) is 30.8 Å². The van der Waals surface area contributed by atoms with Gasteiger partial charge in [0, 0.05) is 0 Å². The van der Waals surface area contributed by atoms with Crippen LogP contribution < -0.4 is 9.47 Å². The summed E-state index contributed by atoms with van der Waals surface area (Å²) >= 11 is 6.13. The third-order valence-electron chi connectivity index (χ3n) is 3.00. The highest BCUT2D eigenvalue weighted by Gasteiger charge is 2.21. The van der Waals surface area contributed by atoms with Gasteiger partial charge in [0.2, 0.25) is 6.79 Å². The van der Waals surface area contributed by atoms with E-state index in [9.17, 15) is 5.11 Å². The summed E-state index contributed by atoms with van der Waals surface area (Å²) in [6, 6.07) is 3.67. The van der Waals surface area contributed by atoms with E-state index in [4.69, 9.17) is 21.1 Å². The topological polar surface area (TPSA) is 69.4 Å². The molecule has 2 heterocycles. The van der Waals surface area contributed by atoms with Gasteiger partial charge in [0.15, 0.2) is 11.5 Å². The minimum atomic E-state index is -1.01. The molecule has 0 saturated heterocycles. The number of rotatable bonds is 3. The molecule has 1 aromatic carbocycles. The van der Waals surface area contributed by atoms with E-state index in [0.29, 0.717) is 28.8 Å². The highest BCUT2D eigenvalue weighted by atomic mass is 35.5. The molecule has 1 aromatic heterocycles. The van der Waals surface area contributed by atoms with Gasteiger partial charge in [-0.3, -0.25) is 0 Å². The minimum absolute atomic E-state index is 0.185. The van der Waals surface area contributed by atoms with E-state index in [0.717, 1.165) is 5.56 Å². The Hall–Kier alpha value is -1.79. The molecule has 0 amide bonds. The molecule has 20 heavy (non-hydrogen) atoms. The summed E-state index contributed by atoms with van der Waals surface area (Å²) in [5.41, 5.74) is 0.431. The average Bonchev–Trinajstić information content (AvgIpc) is 2.96. The molecule has 0 saturated carbocycles. The second-order valence-corrected chi connectivity index (χ2v) is 5.58. The molecule has 3 rings (SSSR count). The van der Waals surface area contributed by atoms with Crippen LogP contribution in [0, 0.1) is 0 Å². The first-order valence-corrected chi connectivity index (χ1v) is 6.52. The molecule has 1 N–H and O–H groups in total. The fourth-order valence-electron chi connectivity index (χ4n) is 1.96. The Balaban J connectivity index is 1.85. The predicted molar refractivity (Wildman–Crippen MR) is 71.9 cm³/mol. The SMILES string of the molecule is CC(C)(O)c1cn(Cc2cc(Cl)c3c(c2)OCO3)nn1. The highest BCUT2D eigenvalue weighted by Crippen LogP contribution is 2.39. The highest BCUT2D eigenvalue weighted by molar-refractivity contribution is 6.32. The molecule has 1 aliphatic heterocycles. The van der Waals surface area contributed by atoms with Crippen LogP contribution in [0.1, 0.15) is 25.1 Å². The molecule has 0 atom stereocenters. The monoisotopic (exact) mass is 295 g/mol. The van der Waals surface area contributed by atoms with Crippen molar-refractivity contribution >= 4 is 11.6 Å². The average molecular weight is 296 g/mol. The molecule has 7 heteroatoms. The summed E-state index contributed by atoms with van der Waals surface area (Å²) in [7, 11) is 0. The summed E-state index contributed by atoms with van der Waals surface area (Å²) < 4.78 is 12.2. The Morgan fingerprint density at radius 3 is 2.90 bits per heavy atom. The van der Waals surface area contributed by atoms with Crippen molar-refractivity contribution in [2.24, 2.45) is 0 Å². The van der Waals surface area contributed by atoms with E-state index >= 15 is 0 Å². The maximum Gasteiger partial charge on any atom is 0.231 e. The lowest BCUT2D eigenvalue weighted by Crippen LogP contribution is -2.15. The van der Waals surface area contributed by atoms with Crippen molar-refractivity contribution in [2.75, 3.05) is 6.79 Å². The van der Waals surface area contributed by atoms with Crippen LogP contribution in [0.3, 0.4) is 0 Å². The van der Waals surface area contributed by atoms with Crippen LogP contribution in [0.15, 0.2) is 18.3 Å². The minimum Gasteiger partial charge on any atom is -0.454 e. The molecule has 1 aliphatic rings. The van der Waals surface area contributed by atoms with Gasteiger partial charge in [-0.1, -0.05) is 16.8 Å². The van der Waals surface area contributed by atoms with E-state index in [1.807, 2.05) is 6.07 Å². The Kier molecular flexibility index (Phi) is 3.07. The number of aromatic nitrogens is 3. The number of hydrogen-bond donors (Lipinski definition) is 1. The fraction of sp³-hybridized carbons (Fsp3) is 0.385. The zero-order chi connectivity index (χ0) is 14.3. The van der Waals surface area contributed by atoms with Crippen molar-refractivity contribution in [1.29, 1.82) is 0 Å². The Bertz CT molecular complexity index is 649. The first-order chi connectivity index (χ1) is 9.43. The summed E-state index contributed by atoms with van der Waals surface area (Å²) in [5, 5.41) is 18.3. The third-order valence-corrected chi connectivity index (χ3v) is 3.28. The molecule has 0 fully saturated rings. The zero-order valence-corrected chi connectivity index (χ0v) is 11.9. The van der Waals surface area contributed by atoms with E-state index in [2.05, 4.69) is 10.3 Å². The second-order valence-electron chi connectivity index (χ2n) is 5.17. The molecule has 0 bridgehead atoms. The standard InChI is InChI=1S/C13H14ClN3O3/c1-13(2,18)11-6-17(16-15-11)5-8-3-9(14)12-10(4-8)19-7-20-12/h3-4,6,18H,5,7H2,1-2H3. The number of hydrogen-bond acceptors (Lipinski definition) is 5. The van der Waals surface area contributed by atoms with Crippen LogP contribution >= 0.6 is 11.6 Å². The van der Waals surface area contributed by atoms with Crippen molar-refractivity contribution in [3.8, 4) is 11.5 Å². The lowest BCUT2D eigenvalue weighted by Gasteiger charge is -2.11. The van der Waals surface area contributed by atoms with Crippen LogP contribution in [-0.4, -0.2) is 26.9 Å². The second kappa shape index (κ2) is 4.64. The van der Waals surface area contributed by atoms with Crippen LogP contribution in [-0.2, 0) is 12.1 Å². The van der Waals surface area contributed by atoms with Crippen molar-refractivity contribution in [2.45, 2.75) is 26.0 Å². The van der Waals surface area contributed by atoms with Gasteiger partial charge < -0.3 is 14.6 Å². The van der Waals surface area contributed by atoms with Crippen molar-refractivity contribution in [1.82, 2.24) is 15.0 Å². The lowest BCUT2D eigenvalue weighted by atomic mass is 10.1. The van der Waals surface area contributed by atoms with Gasteiger partial charge in [0.05, 0.1) is 17.8 Å². The quantitative estimate of drug-likeness (QED) is 0.937. The molecular formula is C13H14ClN3O3. The van der Waals surface area contributed by atoms with Gasteiger partial charge in [0.1, 0.15) is 11.3 Å². The molecule has 0 spiro atoms. The number of halogens is 1. The van der Waals surface area contributed by atoms with Gasteiger partial charge in [0.25, 0.3) is 0 Å². The summed E-state index contributed by atoms with van der Waals surface area (Å²) in [4.78, 5) is 0. The Morgan fingerprint density at radius 2 is 2.20 bits per heavy atom. The predicted octanol–water partition coefficient (Wildman–Crippen LogP) is 1.94. The third kappa shape index (κ3) is 2.44. The van der Waals surface area contributed by atoms with Crippen LogP contribution in [0.5, 0.6) is 11.5 Å². The Morgan fingerprint density at radius 1 is 1.40 bits per heavy atom. The maximum absolute atomic E-state index is 9.87. The van der Waals surface area contributed by atoms with Crippen molar-refractivity contribution in [3.63, 3.8) is 0 Å². The zero-order valence-electron chi connectivity index (χ0n) is 11.1. The summed E-state index contributed by atoms with van der Waals surface area (Å²) in [6.07, 6.45) is 1.71. The molecule has 0 radical (unpaired) electrons. The van der Waals surface area contributed by atoms with Crippen LogP contribution in [0.4, 0.5) is 0 Å². The first-order valence-electron chi connectivity index (χ1n) is 6.14. The molecule has 0 unspecified atom stereocenters.